The Morgan fingerprint density at radius 1 is 1.07 bits per heavy atom. The molecule has 0 radical (unpaired) electrons. The van der Waals surface area contributed by atoms with Crippen LogP contribution in [-0.4, -0.2) is 37.3 Å². The molecule has 1 aromatic heterocycles. The van der Waals surface area contributed by atoms with E-state index in [1.165, 1.54) is 31.4 Å². The maximum atomic E-state index is 13.2. The van der Waals surface area contributed by atoms with Gasteiger partial charge < -0.3 is 14.2 Å². The molecule has 0 aliphatic heterocycles. The van der Waals surface area contributed by atoms with E-state index >= 15 is 0 Å². The van der Waals surface area contributed by atoms with Crippen molar-refractivity contribution >= 4 is 27.8 Å². The van der Waals surface area contributed by atoms with Crippen molar-refractivity contribution in [3.8, 4) is 28.5 Å². The highest BCUT2D eigenvalue weighted by molar-refractivity contribution is 9.10. The molecule has 0 saturated carbocycles. The fraction of sp³-hybridized carbons (Fsp3) is 0.143. The minimum atomic E-state index is -0.416. The summed E-state index contributed by atoms with van der Waals surface area (Å²) in [6, 6.07) is 9.27. The van der Waals surface area contributed by atoms with Crippen LogP contribution in [0, 0.1) is 5.82 Å². The van der Waals surface area contributed by atoms with Crippen molar-refractivity contribution in [1.29, 1.82) is 0 Å². The van der Waals surface area contributed by atoms with E-state index in [4.69, 9.17) is 14.2 Å². The highest BCUT2D eigenvalue weighted by Gasteiger charge is 2.15. The summed E-state index contributed by atoms with van der Waals surface area (Å²) >= 11 is 3.20. The van der Waals surface area contributed by atoms with Crippen molar-refractivity contribution in [2.75, 3.05) is 21.3 Å². The number of carbonyl (C=O) groups excluding carboxylic acids is 1. The minimum Gasteiger partial charge on any atom is -0.493 e. The standard InChI is InChI=1S/C21H18BrFN2O4/c1-27-19-8-12(9-20(28-2)21(19)29-3)17-11-14(24-25-17)5-7-18(26)15-6-4-13(23)10-16(15)22/h4-11H,1-3H3,(H,24,25)/b7-5+. The monoisotopic (exact) mass is 460 g/mol. The Morgan fingerprint density at radius 3 is 2.34 bits per heavy atom. The first-order chi connectivity index (χ1) is 14.0. The van der Waals surface area contributed by atoms with E-state index in [-0.39, 0.29) is 5.78 Å². The third kappa shape index (κ3) is 4.48. The van der Waals surface area contributed by atoms with Gasteiger partial charge in [0.25, 0.3) is 0 Å². The molecule has 6 nitrogen and oxygen atoms in total. The number of nitrogens with zero attached hydrogens (tertiary/aromatic N) is 1. The number of methoxy groups -OCH3 is 3. The molecule has 0 spiro atoms. The number of allylic oxidation sites excluding steroid dienone is 1. The van der Waals surface area contributed by atoms with Crippen LogP contribution in [0.2, 0.25) is 0 Å². The maximum absolute atomic E-state index is 13.2. The van der Waals surface area contributed by atoms with Gasteiger partial charge in [-0.3, -0.25) is 9.89 Å². The number of aromatic amines is 1. The van der Waals surface area contributed by atoms with Crippen molar-refractivity contribution < 1.29 is 23.4 Å². The van der Waals surface area contributed by atoms with Crippen molar-refractivity contribution in [3.05, 3.63) is 64.0 Å². The summed E-state index contributed by atoms with van der Waals surface area (Å²) in [7, 11) is 4.62. The number of aromatic nitrogens is 2. The van der Waals surface area contributed by atoms with Crippen molar-refractivity contribution in [3.63, 3.8) is 0 Å². The number of nitrogens with one attached hydrogen (secondary N) is 1. The predicted octanol–water partition coefficient (Wildman–Crippen LogP) is 4.90. The smallest absolute Gasteiger partial charge is 0.203 e. The fourth-order valence-corrected chi connectivity index (χ4v) is 3.29. The fourth-order valence-electron chi connectivity index (χ4n) is 2.74. The Balaban J connectivity index is 1.86. The van der Waals surface area contributed by atoms with Gasteiger partial charge in [0, 0.05) is 15.6 Å². The Hall–Kier alpha value is -3.13. The van der Waals surface area contributed by atoms with Crippen LogP contribution in [-0.2, 0) is 0 Å². The number of rotatable bonds is 7. The van der Waals surface area contributed by atoms with Crippen molar-refractivity contribution in [1.82, 2.24) is 10.2 Å². The third-order valence-corrected chi connectivity index (χ3v) is 4.83. The van der Waals surface area contributed by atoms with E-state index in [9.17, 15) is 9.18 Å². The van der Waals surface area contributed by atoms with Crippen molar-refractivity contribution in [2.45, 2.75) is 0 Å². The van der Waals surface area contributed by atoms with E-state index in [1.807, 2.05) is 0 Å². The normalized spacial score (nSPS) is 10.9. The largest absolute Gasteiger partial charge is 0.493 e. The number of ketones is 1. The number of benzene rings is 2. The number of halogens is 2. The second kappa shape index (κ2) is 8.91. The van der Waals surface area contributed by atoms with Crippen molar-refractivity contribution in [2.24, 2.45) is 0 Å². The van der Waals surface area contributed by atoms with Gasteiger partial charge in [-0.1, -0.05) is 0 Å². The summed E-state index contributed by atoms with van der Waals surface area (Å²) in [5.74, 6) is 0.836. The molecule has 29 heavy (non-hydrogen) atoms. The zero-order valence-corrected chi connectivity index (χ0v) is 17.5. The summed E-state index contributed by atoms with van der Waals surface area (Å²) in [5, 5.41) is 7.14. The van der Waals surface area contributed by atoms with Crippen LogP contribution < -0.4 is 14.2 Å². The first kappa shape index (κ1) is 20.6. The molecule has 0 bridgehead atoms. The highest BCUT2D eigenvalue weighted by Crippen LogP contribution is 2.40. The Labute approximate surface area is 175 Å². The quantitative estimate of drug-likeness (QED) is 0.400. The lowest BCUT2D eigenvalue weighted by atomic mass is 10.1. The molecule has 0 aliphatic rings. The SMILES string of the molecule is COc1cc(-c2cc(/C=C/C(=O)c3ccc(F)cc3Br)[nH]n2)cc(OC)c1OC. The van der Waals surface area contributed by atoms with Crippen LogP contribution in [0.15, 0.2) is 46.9 Å². The molecule has 2 aromatic carbocycles. The molecule has 0 atom stereocenters. The van der Waals surface area contributed by atoms with Crippen LogP contribution in [0.25, 0.3) is 17.3 Å². The van der Waals surface area contributed by atoms with Gasteiger partial charge in [0.05, 0.1) is 32.7 Å². The maximum Gasteiger partial charge on any atom is 0.203 e. The van der Waals surface area contributed by atoms with Crippen LogP contribution in [0.1, 0.15) is 16.1 Å². The van der Waals surface area contributed by atoms with Gasteiger partial charge in [-0.25, -0.2) is 4.39 Å². The second-order valence-corrected chi connectivity index (χ2v) is 6.80. The van der Waals surface area contributed by atoms with Gasteiger partial charge in [-0.05, 0) is 64.5 Å². The predicted molar refractivity (Wildman–Crippen MR) is 111 cm³/mol. The molecule has 0 aliphatic carbocycles. The van der Waals surface area contributed by atoms with Gasteiger partial charge in [-0.2, -0.15) is 5.10 Å². The summed E-state index contributed by atoms with van der Waals surface area (Å²) in [6.07, 6.45) is 3.00. The summed E-state index contributed by atoms with van der Waals surface area (Å²) in [4.78, 5) is 12.3. The molecular formula is C21H18BrFN2O4. The van der Waals surface area contributed by atoms with Gasteiger partial charge in [-0.15, -0.1) is 0 Å². The average Bonchev–Trinajstić information content (AvgIpc) is 3.20. The highest BCUT2D eigenvalue weighted by atomic mass is 79.9. The van der Waals surface area contributed by atoms with E-state index in [2.05, 4.69) is 26.1 Å². The lowest BCUT2D eigenvalue weighted by Crippen LogP contribution is -1.96. The molecule has 1 heterocycles. The average molecular weight is 461 g/mol. The Bertz CT molecular complexity index is 1050. The summed E-state index contributed by atoms with van der Waals surface area (Å²) in [5.41, 5.74) is 2.38. The van der Waals surface area contributed by atoms with Gasteiger partial charge in [0.2, 0.25) is 5.75 Å². The number of H-pyrrole nitrogens is 1. The zero-order valence-electron chi connectivity index (χ0n) is 16.0. The second-order valence-electron chi connectivity index (χ2n) is 5.94. The molecular weight excluding hydrogens is 443 g/mol. The van der Waals surface area contributed by atoms with E-state index in [1.54, 1.807) is 38.5 Å². The molecule has 0 saturated heterocycles. The lowest BCUT2D eigenvalue weighted by molar-refractivity contribution is 0.104. The Morgan fingerprint density at radius 2 is 1.76 bits per heavy atom. The van der Waals surface area contributed by atoms with Crippen LogP contribution in [0.4, 0.5) is 4.39 Å². The first-order valence-corrected chi connectivity index (χ1v) is 9.29. The zero-order chi connectivity index (χ0) is 21.0. The third-order valence-electron chi connectivity index (χ3n) is 4.17. The Kier molecular flexibility index (Phi) is 6.33. The number of hydrogen-bond donors (Lipinski definition) is 1. The van der Waals surface area contributed by atoms with Crippen LogP contribution in [0.3, 0.4) is 0 Å². The summed E-state index contributed by atoms with van der Waals surface area (Å²) in [6.45, 7) is 0. The van der Waals surface area contributed by atoms with Crippen LogP contribution in [0.5, 0.6) is 17.2 Å². The van der Waals surface area contributed by atoms with E-state index in [0.717, 1.165) is 5.56 Å². The minimum absolute atomic E-state index is 0.263. The molecule has 3 rings (SSSR count). The van der Waals surface area contributed by atoms with Crippen LogP contribution >= 0.6 is 15.9 Å². The molecule has 0 unspecified atom stereocenters. The number of hydrogen-bond acceptors (Lipinski definition) is 5. The summed E-state index contributed by atoms with van der Waals surface area (Å²) < 4.78 is 29.6. The number of ether oxygens (including phenoxy) is 3. The van der Waals surface area contributed by atoms with Gasteiger partial charge >= 0.3 is 0 Å². The molecule has 3 aromatic rings. The first-order valence-electron chi connectivity index (χ1n) is 8.50. The lowest BCUT2D eigenvalue weighted by Gasteiger charge is -2.13. The molecule has 150 valence electrons. The topological polar surface area (TPSA) is 73.4 Å². The molecule has 0 amide bonds. The molecule has 8 heteroatoms. The molecule has 0 fully saturated rings. The van der Waals surface area contributed by atoms with E-state index < -0.39 is 5.82 Å². The number of carbonyl (C=O) groups is 1. The molecule has 1 N–H and O–H groups in total. The van der Waals surface area contributed by atoms with Gasteiger partial charge in [0.1, 0.15) is 5.82 Å². The van der Waals surface area contributed by atoms with Gasteiger partial charge in [0.15, 0.2) is 17.3 Å². The van der Waals surface area contributed by atoms with E-state index in [0.29, 0.717) is 38.7 Å².